The minimum absolute atomic E-state index is 0.521. The Hall–Kier alpha value is -0.370. The number of rotatable bonds is 2. The smallest absolute Gasteiger partial charge is 0.411 e. The van der Waals surface area contributed by atoms with Crippen LogP contribution in [-0.2, 0) is 33.3 Å². The molecule has 0 unspecified atom stereocenters. The van der Waals surface area contributed by atoms with Gasteiger partial charge in [0.2, 0.25) is 0 Å². The minimum atomic E-state index is -1.95. The summed E-state index contributed by atoms with van der Waals surface area (Å²) in [6.45, 7) is 3.88. The molecule has 0 spiro atoms. The van der Waals surface area contributed by atoms with E-state index in [2.05, 4.69) is 21.7 Å². The first-order valence-electron chi connectivity index (χ1n) is 4.69. The van der Waals surface area contributed by atoms with E-state index in [4.69, 9.17) is 22.4 Å². The van der Waals surface area contributed by atoms with Crippen LogP contribution in [-0.4, -0.2) is 13.2 Å². The van der Waals surface area contributed by atoms with Crippen LogP contribution in [0.5, 0.6) is 0 Å². The standard InChI is InChI=1S/C10H13NO2S4/c1-6-4-8(11-10(12)13-3)5-9(7(6)2)17(14,15)16/h4-5H,1-3H3,(H,11,12)(H,14,15,16). The summed E-state index contributed by atoms with van der Waals surface area (Å²) in [5.74, 6) is 0. The van der Waals surface area contributed by atoms with Gasteiger partial charge in [-0.3, -0.25) is 5.32 Å². The van der Waals surface area contributed by atoms with E-state index in [0.717, 1.165) is 16.0 Å². The van der Waals surface area contributed by atoms with Gasteiger partial charge in [0.05, 0.1) is 7.11 Å². The number of ether oxygens (including phenoxy) is 1. The molecule has 1 N–H and O–H groups in total. The Kier molecular flexibility index (Phi) is 4.77. The topological polar surface area (TPSA) is 38.3 Å². The Balaban J connectivity index is 3.29. The monoisotopic (exact) mass is 307 g/mol. The fraction of sp³-hybridized carbons (Fsp3) is 0.300. The SMILES string of the molecule is COC(=O)Nc1cc(C)c(C)c(S(=S)(=S)S)c1. The van der Waals surface area contributed by atoms with E-state index < -0.39 is 12.3 Å². The van der Waals surface area contributed by atoms with Crippen LogP contribution in [0.15, 0.2) is 17.0 Å². The Bertz CT molecular complexity index is 552. The molecule has 0 aliphatic carbocycles. The normalized spacial score (nSPS) is 11.1. The Labute approximate surface area is 116 Å². The van der Waals surface area contributed by atoms with Crippen molar-refractivity contribution in [2.24, 2.45) is 0 Å². The summed E-state index contributed by atoms with van der Waals surface area (Å²) >= 11 is 14.7. The van der Waals surface area contributed by atoms with Crippen LogP contribution < -0.4 is 5.32 Å². The van der Waals surface area contributed by atoms with Crippen LogP contribution in [0.4, 0.5) is 10.5 Å². The van der Waals surface area contributed by atoms with Crippen molar-refractivity contribution in [3.8, 4) is 0 Å². The summed E-state index contributed by atoms with van der Waals surface area (Å²) in [5, 5.41) is 2.60. The number of hydrogen-bond acceptors (Lipinski definition) is 4. The lowest BCUT2D eigenvalue weighted by atomic mass is 10.1. The molecule has 0 aliphatic rings. The molecule has 1 aromatic carbocycles. The average Bonchev–Trinajstić information content (AvgIpc) is 2.21. The number of benzene rings is 1. The maximum absolute atomic E-state index is 11.1. The van der Waals surface area contributed by atoms with Crippen molar-refractivity contribution < 1.29 is 9.53 Å². The van der Waals surface area contributed by atoms with Crippen molar-refractivity contribution in [3.05, 3.63) is 23.3 Å². The van der Waals surface area contributed by atoms with Crippen molar-refractivity contribution in [2.75, 3.05) is 12.4 Å². The van der Waals surface area contributed by atoms with E-state index in [1.54, 1.807) is 6.07 Å². The van der Waals surface area contributed by atoms with Gasteiger partial charge in [-0.05, 0) is 65.7 Å². The highest BCUT2D eigenvalue weighted by atomic mass is 33.5. The van der Waals surface area contributed by atoms with Crippen molar-refractivity contribution in [2.45, 2.75) is 18.7 Å². The second-order valence-electron chi connectivity index (χ2n) is 3.51. The minimum Gasteiger partial charge on any atom is -0.453 e. The molecule has 94 valence electrons. The number of amides is 1. The van der Waals surface area contributed by atoms with Crippen LogP contribution in [0.1, 0.15) is 11.1 Å². The van der Waals surface area contributed by atoms with Gasteiger partial charge in [-0.1, -0.05) is 11.7 Å². The van der Waals surface area contributed by atoms with Crippen molar-refractivity contribution in [3.63, 3.8) is 0 Å². The number of anilines is 1. The van der Waals surface area contributed by atoms with Gasteiger partial charge in [-0.15, -0.1) is 0 Å². The van der Waals surface area contributed by atoms with E-state index >= 15 is 0 Å². The highest BCUT2D eigenvalue weighted by Gasteiger charge is 2.11. The lowest BCUT2D eigenvalue weighted by molar-refractivity contribution is 0.187. The van der Waals surface area contributed by atoms with Crippen LogP contribution in [0.2, 0.25) is 0 Å². The summed E-state index contributed by atoms with van der Waals surface area (Å²) in [5.41, 5.74) is 2.65. The van der Waals surface area contributed by atoms with Crippen molar-refractivity contribution >= 4 is 52.0 Å². The molecule has 0 aliphatic heterocycles. The summed E-state index contributed by atoms with van der Waals surface area (Å²) in [7, 11) is 1.31. The molecule has 1 rings (SSSR count). The van der Waals surface area contributed by atoms with E-state index in [-0.39, 0.29) is 0 Å². The number of carbonyl (C=O) groups excluding carboxylic acids is 1. The second kappa shape index (κ2) is 5.51. The van der Waals surface area contributed by atoms with Crippen LogP contribution in [0.25, 0.3) is 0 Å². The molecular weight excluding hydrogens is 294 g/mol. The lowest BCUT2D eigenvalue weighted by Crippen LogP contribution is -2.11. The fourth-order valence-electron chi connectivity index (χ4n) is 1.34. The maximum Gasteiger partial charge on any atom is 0.411 e. The molecule has 0 heterocycles. The third kappa shape index (κ3) is 3.80. The van der Waals surface area contributed by atoms with Gasteiger partial charge in [0.25, 0.3) is 0 Å². The van der Waals surface area contributed by atoms with Crippen molar-refractivity contribution in [1.29, 1.82) is 0 Å². The molecule has 0 bridgehead atoms. The molecule has 1 aromatic rings. The van der Waals surface area contributed by atoms with Gasteiger partial charge in [0.1, 0.15) is 0 Å². The quantitative estimate of drug-likeness (QED) is 0.651. The number of carbonyl (C=O) groups is 1. The first-order chi connectivity index (χ1) is 7.75. The first kappa shape index (κ1) is 14.7. The van der Waals surface area contributed by atoms with Gasteiger partial charge in [-0.2, -0.15) is 0 Å². The van der Waals surface area contributed by atoms with Gasteiger partial charge in [0.15, 0.2) is 0 Å². The fourth-order valence-corrected chi connectivity index (χ4v) is 3.77. The number of methoxy groups -OCH3 is 1. The summed E-state index contributed by atoms with van der Waals surface area (Å²) in [6.07, 6.45) is -2.47. The molecule has 0 saturated heterocycles. The van der Waals surface area contributed by atoms with Gasteiger partial charge < -0.3 is 4.74 Å². The molecule has 7 heteroatoms. The van der Waals surface area contributed by atoms with E-state index in [9.17, 15) is 4.79 Å². The third-order valence-electron chi connectivity index (χ3n) is 2.33. The van der Waals surface area contributed by atoms with E-state index in [0.29, 0.717) is 5.69 Å². The van der Waals surface area contributed by atoms with Gasteiger partial charge in [0, 0.05) is 10.6 Å². The number of aryl methyl sites for hydroxylation is 1. The number of nitrogens with one attached hydrogen (secondary N) is 1. The zero-order valence-electron chi connectivity index (χ0n) is 9.64. The largest absolute Gasteiger partial charge is 0.453 e. The molecule has 17 heavy (non-hydrogen) atoms. The number of thiol groups is 1. The summed E-state index contributed by atoms with van der Waals surface area (Å²) in [4.78, 5) is 12.0. The molecule has 0 saturated carbocycles. The molecule has 0 fully saturated rings. The Morgan fingerprint density at radius 3 is 2.47 bits per heavy atom. The molecular formula is C10H13NO2S4. The highest BCUT2D eigenvalue weighted by Crippen LogP contribution is 2.27. The Morgan fingerprint density at radius 1 is 1.41 bits per heavy atom. The van der Waals surface area contributed by atoms with Gasteiger partial charge in [-0.25, -0.2) is 4.79 Å². The van der Waals surface area contributed by atoms with E-state index in [1.165, 1.54) is 7.11 Å². The predicted octanol–water partition coefficient (Wildman–Crippen LogP) is 2.76. The first-order valence-corrected chi connectivity index (χ1v) is 9.23. The summed E-state index contributed by atoms with van der Waals surface area (Å²) in [6, 6.07) is 3.61. The third-order valence-corrected chi connectivity index (χ3v) is 4.98. The molecule has 0 radical (unpaired) electrons. The molecule has 0 atom stereocenters. The maximum atomic E-state index is 11.1. The molecule has 0 aromatic heterocycles. The second-order valence-corrected chi connectivity index (χ2v) is 11.7. The zero-order chi connectivity index (χ0) is 13.2. The molecule has 3 nitrogen and oxygen atoms in total. The zero-order valence-corrected chi connectivity index (χ0v) is 13.0. The van der Waals surface area contributed by atoms with Crippen LogP contribution in [0.3, 0.4) is 0 Å². The van der Waals surface area contributed by atoms with Crippen LogP contribution >= 0.6 is 11.7 Å². The van der Waals surface area contributed by atoms with E-state index in [1.807, 2.05) is 19.9 Å². The Morgan fingerprint density at radius 2 is 2.00 bits per heavy atom. The predicted molar refractivity (Wildman–Crippen MR) is 81.3 cm³/mol. The highest BCUT2D eigenvalue weighted by molar-refractivity contribution is 8.93. The number of hydrogen-bond donors (Lipinski definition) is 2. The lowest BCUT2D eigenvalue weighted by Gasteiger charge is -2.13. The average molecular weight is 307 g/mol. The summed E-state index contributed by atoms with van der Waals surface area (Å²) < 4.78 is 4.54. The van der Waals surface area contributed by atoms with Crippen LogP contribution in [0, 0.1) is 13.8 Å². The molecule has 1 amide bonds. The van der Waals surface area contributed by atoms with Crippen molar-refractivity contribution in [1.82, 2.24) is 0 Å². The van der Waals surface area contributed by atoms with Gasteiger partial charge >= 0.3 is 6.09 Å².